The van der Waals surface area contributed by atoms with Crippen molar-refractivity contribution in [1.29, 1.82) is 0 Å². The van der Waals surface area contributed by atoms with E-state index in [1.54, 1.807) is 24.4 Å². The SMILES string of the molecule is CCCCCCCCOc1ccc(/C=N/N=C/c2ccccc2O)cc1. The molecule has 2 rings (SSSR count). The van der Waals surface area contributed by atoms with Crippen LogP contribution in [0.1, 0.15) is 56.6 Å². The van der Waals surface area contributed by atoms with Crippen LogP contribution in [0.4, 0.5) is 0 Å². The van der Waals surface area contributed by atoms with E-state index in [4.69, 9.17) is 4.74 Å². The maximum absolute atomic E-state index is 9.64. The Labute approximate surface area is 156 Å². The summed E-state index contributed by atoms with van der Waals surface area (Å²) in [5.41, 5.74) is 1.59. The van der Waals surface area contributed by atoms with Crippen molar-refractivity contribution in [2.24, 2.45) is 10.2 Å². The van der Waals surface area contributed by atoms with E-state index >= 15 is 0 Å². The molecular formula is C22H28N2O2. The fourth-order valence-corrected chi connectivity index (χ4v) is 2.51. The van der Waals surface area contributed by atoms with E-state index in [0.717, 1.165) is 24.3 Å². The minimum Gasteiger partial charge on any atom is -0.507 e. The van der Waals surface area contributed by atoms with Crippen molar-refractivity contribution in [2.75, 3.05) is 6.61 Å². The number of ether oxygens (including phenoxy) is 1. The second-order valence-electron chi connectivity index (χ2n) is 6.23. The molecule has 0 bridgehead atoms. The lowest BCUT2D eigenvalue weighted by molar-refractivity contribution is 0.304. The number of hydrogen-bond donors (Lipinski definition) is 1. The van der Waals surface area contributed by atoms with Crippen LogP contribution in [0.15, 0.2) is 58.7 Å². The lowest BCUT2D eigenvalue weighted by Crippen LogP contribution is -1.97. The van der Waals surface area contributed by atoms with Gasteiger partial charge < -0.3 is 9.84 Å². The van der Waals surface area contributed by atoms with Crippen molar-refractivity contribution in [3.8, 4) is 11.5 Å². The van der Waals surface area contributed by atoms with Crippen LogP contribution in [-0.4, -0.2) is 24.1 Å². The molecule has 26 heavy (non-hydrogen) atoms. The largest absolute Gasteiger partial charge is 0.507 e. The Balaban J connectivity index is 1.71. The fourth-order valence-electron chi connectivity index (χ4n) is 2.51. The van der Waals surface area contributed by atoms with Crippen LogP contribution in [0.3, 0.4) is 0 Å². The smallest absolute Gasteiger partial charge is 0.124 e. The van der Waals surface area contributed by atoms with Crippen molar-refractivity contribution in [2.45, 2.75) is 45.4 Å². The third-order valence-corrected chi connectivity index (χ3v) is 4.05. The first-order valence-corrected chi connectivity index (χ1v) is 9.37. The van der Waals surface area contributed by atoms with Gasteiger partial charge in [0.05, 0.1) is 19.0 Å². The fraction of sp³-hybridized carbons (Fsp3) is 0.364. The molecular weight excluding hydrogens is 324 g/mol. The van der Waals surface area contributed by atoms with E-state index in [2.05, 4.69) is 17.1 Å². The highest BCUT2D eigenvalue weighted by Gasteiger charge is 1.96. The van der Waals surface area contributed by atoms with Crippen LogP contribution in [0.2, 0.25) is 0 Å². The monoisotopic (exact) mass is 352 g/mol. The molecule has 0 radical (unpaired) electrons. The maximum atomic E-state index is 9.64. The molecule has 0 amide bonds. The van der Waals surface area contributed by atoms with E-state index in [9.17, 15) is 5.11 Å². The van der Waals surface area contributed by atoms with Gasteiger partial charge in [0.15, 0.2) is 0 Å². The number of nitrogens with zero attached hydrogens (tertiary/aromatic N) is 2. The number of hydrogen-bond acceptors (Lipinski definition) is 4. The zero-order valence-corrected chi connectivity index (χ0v) is 15.5. The predicted octanol–water partition coefficient (Wildman–Crippen LogP) is 5.58. The van der Waals surface area contributed by atoms with Gasteiger partial charge in [0.1, 0.15) is 11.5 Å². The van der Waals surface area contributed by atoms with Gasteiger partial charge in [-0.3, -0.25) is 0 Å². The Kier molecular flexibility index (Phi) is 8.98. The summed E-state index contributed by atoms with van der Waals surface area (Å²) in [7, 11) is 0. The summed E-state index contributed by atoms with van der Waals surface area (Å²) in [5, 5.41) is 17.6. The molecule has 2 aromatic carbocycles. The van der Waals surface area contributed by atoms with E-state index in [0.29, 0.717) is 5.56 Å². The Morgan fingerprint density at radius 2 is 1.54 bits per heavy atom. The molecule has 0 atom stereocenters. The van der Waals surface area contributed by atoms with Gasteiger partial charge in [-0.1, -0.05) is 51.2 Å². The van der Waals surface area contributed by atoms with Crippen LogP contribution >= 0.6 is 0 Å². The first kappa shape index (κ1) is 19.7. The molecule has 0 unspecified atom stereocenters. The van der Waals surface area contributed by atoms with Gasteiger partial charge in [-0.25, -0.2) is 0 Å². The standard InChI is InChI=1S/C22H28N2O2/c1-2-3-4-5-6-9-16-26-21-14-12-19(13-15-21)17-23-24-18-20-10-7-8-11-22(20)25/h7-8,10-15,17-18,25H,2-6,9,16H2,1H3/b23-17+,24-18+. The van der Waals surface area contributed by atoms with Gasteiger partial charge in [0.25, 0.3) is 0 Å². The van der Waals surface area contributed by atoms with Crippen molar-refractivity contribution in [3.05, 3.63) is 59.7 Å². The second-order valence-corrected chi connectivity index (χ2v) is 6.23. The molecule has 0 aliphatic heterocycles. The molecule has 0 heterocycles. The summed E-state index contributed by atoms with van der Waals surface area (Å²) >= 11 is 0. The van der Waals surface area contributed by atoms with Crippen LogP contribution in [0, 0.1) is 0 Å². The van der Waals surface area contributed by atoms with Crippen LogP contribution < -0.4 is 4.74 Å². The van der Waals surface area contributed by atoms with Gasteiger partial charge in [0.2, 0.25) is 0 Å². The number of para-hydroxylation sites is 1. The molecule has 4 nitrogen and oxygen atoms in total. The van der Waals surface area contributed by atoms with E-state index < -0.39 is 0 Å². The topological polar surface area (TPSA) is 54.2 Å². The van der Waals surface area contributed by atoms with Gasteiger partial charge in [0, 0.05) is 5.56 Å². The number of unbranched alkanes of at least 4 members (excludes halogenated alkanes) is 5. The lowest BCUT2D eigenvalue weighted by atomic mass is 10.1. The summed E-state index contributed by atoms with van der Waals surface area (Å²) in [4.78, 5) is 0. The Morgan fingerprint density at radius 3 is 2.31 bits per heavy atom. The van der Waals surface area contributed by atoms with Crippen LogP contribution in [-0.2, 0) is 0 Å². The van der Waals surface area contributed by atoms with Gasteiger partial charge >= 0.3 is 0 Å². The van der Waals surface area contributed by atoms with Crippen molar-refractivity contribution >= 4 is 12.4 Å². The highest BCUT2D eigenvalue weighted by Crippen LogP contribution is 2.14. The molecule has 4 heteroatoms. The number of aromatic hydroxyl groups is 1. The predicted molar refractivity (Wildman–Crippen MR) is 109 cm³/mol. The molecule has 0 fully saturated rings. The van der Waals surface area contributed by atoms with Gasteiger partial charge in [-0.05, 0) is 48.4 Å². The van der Waals surface area contributed by atoms with Crippen LogP contribution in [0.25, 0.3) is 0 Å². The van der Waals surface area contributed by atoms with E-state index in [-0.39, 0.29) is 5.75 Å². The van der Waals surface area contributed by atoms with Gasteiger partial charge in [-0.15, -0.1) is 0 Å². The molecule has 0 spiro atoms. The average Bonchev–Trinajstić information content (AvgIpc) is 2.67. The average molecular weight is 352 g/mol. The molecule has 2 aromatic rings. The van der Waals surface area contributed by atoms with Gasteiger partial charge in [-0.2, -0.15) is 10.2 Å². The number of phenolic OH excluding ortho intramolecular Hbond substituents is 1. The van der Waals surface area contributed by atoms with Crippen molar-refractivity contribution in [3.63, 3.8) is 0 Å². The molecule has 0 saturated carbocycles. The molecule has 0 saturated heterocycles. The first-order valence-electron chi connectivity index (χ1n) is 9.37. The Morgan fingerprint density at radius 1 is 0.846 bits per heavy atom. The molecule has 1 N–H and O–H groups in total. The first-order chi connectivity index (χ1) is 12.8. The summed E-state index contributed by atoms with van der Waals surface area (Å²) in [6.45, 7) is 3.00. The summed E-state index contributed by atoms with van der Waals surface area (Å²) in [5.74, 6) is 1.08. The minimum absolute atomic E-state index is 0.193. The summed E-state index contributed by atoms with van der Waals surface area (Å²) in [6, 6.07) is 14.8. The van der Waals surface area contributed by atoms with Crippen molar-refractivity contribution in [1.82, 2.24) is 0 Å². The Bertz CT molecular complexity index is 694. The van der Waals surface area contributed by atoms with E-state index in [1.807, 2.05) is 30.3 Å². The highest BCUT2D eigenvalue weighted by atomic mass is 16.5. The number of benzene rings is 2. The molecule has 138 valence electrons. The zero-order chi connectivity index (χ0) is 18.5. The van der Waals surface area contributed by atoms with Crippen LogP contribution in [0.5, 0.6) is 11.5 Å². The molecule has 0 aliphatic carbocycles. The quantitative estimate of drug-likeness (QED) is 0.326. The summed E-state index contributed by atoms with van der Waals surface area (Å²) in [6.07, 6.45) is 10.8. The second kappa shape index (κ2) is 11.9. The Hall–Kier alpha value is -2.62. The zero-order valence-electron chi connectivity index (χ0n) is 15.5. The summed E-state index contributed by atoms with van der Waals surface area (Å²) < 4.78 is 5.76. The number of rotatable bonds is 11. The minimum atomic E-state index is 0.193. The normalized spacial score (nSPS) is 11.4. The third kappa shape index (κ3) is 7.51. The molecule has 0 aromatic heterocycles. The van der Waals surface area contributed by atoms with E-state index in [1.165, 1.54) is 38.3 Å². The third-order valence-electron chi connectivity index (χ3n) is 4.05. The molecule has 0 aliphatic rings. The maximum Gasteiger partial charge on any atom is 0.124 e. The lowest BCUT2D eigenvalue weighted by Gasteiger charge is -2.06. The van der Waals surface area contributed by atoms with Crippen molar-refractivity contribution < 1.29 is 9.84 Å². The number of phenols is 1. The highest BCUT2D eigenvalue weighted by molar-refractivity contribution is 5.84.